The number of nitrogens with one attached hydrogen (secondary N) is 1. The summed E-state index contributed by atoms with van der Waals surface area (Å²) in [6.07, 6.45) is 2.42. The van der Waals surface area contributed by atoms with Crippen LogP contribution in [-0.4, -0.2) is 18.1 Å². The van der Waals surface area contributed by atoms with E-state index in [4.69, 9.17) is 22.2 Å². The zero-order valence-electron chi connectivity index (χ0n) is 9.78. The summed E-state index contributed by atoms with van der Waals surface area (Å²) in [5.41, 5.74) is 3.95. The molecule has 94 valence electrons. The van der Waals surface area contributed by atoms with Crippen LogP contribution in [0.1, 0.15) is 24.4 Å². The molecule has 3 nitrogen and oxygen atoms in total. The summed E-state index contributed by atoms with van der Waals surface area (Å²) in [5.74, 6) is 7.73. The van der Waals surface area contributed by atoms with E-state index in [9.17, 15) is 0 Å². The van der Waals surface area contributed by atoms with Crippen molar-refractivity contribution in [2.24, 2.45) is 5.84 Å². The first-order valence-electron chi connectivity index (χ1n) is 5.67. The Balaban J connectivity index is 2.31. The molecule has 1 fully saturated rings. The number of hydrogen-bond donors (Lipinski definition) is 2. The fourth-order valence-corrected chi connectivity index (χ4v) is 3.78. The maximum Gasteiger partial charge on any atom is 0.123 e. The van der Waals surface area contributed by atoms with E-state index in [1.54, 1.807) is 7.11 Å². The SMILES string of the molecule is COc1ccc(Cl)cc1C(NN)C1CCCS1. The van der Waals surface area contributed by atoms with Gasteiger partial charge in [-0.15, -0.1) is 0 Å². The van der Waals surface area contributed by atoms with Crippen molar-refractivity contribution in [2.45, 2.75) is 24.1 Å². The van der Waals surface area contributed by atoms with Crippen molar-refractivity contribution in [1.82, 2.24) is 5.43 Å². The van der Waals surface area contributed by atoms with E-state index in [1.807, 2.05) is 30.0 Å². The summed E-state index contributed by atoms with van der Waals surface area (Å²) < 4.78 is 5.38. The van der Waals surface area contributed by atoms with Crippen LogP contribution in [0.2, 0.25) is 5.02 Å². The van der Waals surface area contributed by atoms with Crippen molar-refractivity contribution in [3.63, 3.8) is 0 Å². The average molecular weight is 273 g/mol. The Morgan fingerprint density at radius 3 is 3.00 bits per heavy atom. The maximum absolute atomic E-state index is 6.05. The van der Waals surface area contributed by atoms with Gasteiger partial charge in [0.2, 0.25) is 0 Å². The lowest BCUT2D eigenvalue weighted by Crippen LogP contribution is -2.34. The molecular weight excluding hydrogens is 256 g/mol. The lowest BCUT2D eigenvalue weighted by Gasteiger charge is -2.24. The smallest absolute Gasteiger partial charge is 0.123 e. The Hall–Kier alpha value is -0.420. The highest BCUT2D eigenvalue weighted by Crippen LogP contribution is 2.39. The predicted octanol–water partition coefficient (Wildman–Crippen LogP) is 2.75. The first-order valence-corrected chi connectivity index (χ1v) is 7.10. The average Bonchev–Trinajstić information content (AvgIpc) is 2.84. The number of rotatable bonds is 4. The number of hydrazine groups is 1. The molecular formula is C12H17ClN2OS. The Kier molecular flexibility index (Phi) is 4.56. The zero-order valence-corrected chi connectivity index (χ0v) is 11.4. The Morgan fingerprint density at radius 2 is 2.41 bits per heavy atom. The van der Waals surface area contributed by atoms with E-state index >= 15 is 0 Å². The van der Waals surface area contributed by atoms with Crippen LogP contribution in [0.3, 0.4) is 0 Å². The van der Waals surface area contributed by atoms with Crippen molar-refractivity contribution in [3.05, 3.63) is 28.8 Å². The van der Waals surface area contributed by atoms with Crippen LogP contribution in [0.15, 0.2) is 18.2 Å². The quantitative estimate of drug-likeness (QED) is 0.654. The second-order valence-corrected chi connectivity index (χ2v) is 5.87. The van der Waals surface area contributed by atoms with Crippen molar-refractivity contribution < 1.29 is 4.74 Å². The van der Waals surface area contributed by atoms with Crippen molar-refractivity contribution >= 4 is 23.4 Å². The van der Waals surface area contributed by atoms with Crippen LogP contribution in [-0.2, 0) is 0 Å². The largest absolute Gasteiger partial charge is 0.496 e. The van der Waals surface area contributed by atoms with Gasteiger partial charge >= 0.3 is 0 Å². The summed E-state index contributed by atoms with van der Waals surface area (Å²) >= 11 is 8.00. The molecule has 0 aromatic heterocycles. The Bertz CT molecular complexity index is 383. The van der Waals surface area contributed by atoms with Crippen LogP contribution in [0, 0.1) is 0 Å². The minimum atomic E-state index is 0.0937. The summed E-state index contributed by atoms with van der Waals surface area (Å²) in [6.45, 7) is 0. The van der Waals surface area contributed by atoms with Crippen molar-refractivity contribution in [1.29, 1.82) is 0 Å². The van der Waals surface area contributed by atoms with E-state index < -0.39 is 0 Å². The van der Waals surface area contributed by atoms with Gasteiger partial charge in [-0.05, 0) is 36.8 Å². The maximum atomic E-state index is 6.05. The van der Waals surface area contributed by atoms with Gasteiger partial charge in [0, 0.05) is 15.8 Å². The van der Waals surface area contributed by atoms with Crippen LogP contribution in [0.4, 0.5) is 0 Å². The topological polar surface area (TPSA) is 47.3 Å². The molecule has 17 heavy (non-hydrogen) atoms. The molecule has 1 aromatic rings. The van der Waals surface area contributed by atoms with Crippen LogP contribution >= 0.6 is 23.4 Å². The van der Waals surface area contributed by atoms with Gasteiger partial charge in [-0.25, -0.2) is 0 Å². The standard InChI is InChI=1S/C12H17ClN2OS/c1-16-10-5-4-8(13)7-9(10)12(15-14)11-3-2-6-17-11/h4-5,7,11-12,15H,2-3,6,14H2,1H3. The lowest BCUT2D eigenvalue weighted by atomic mass is 10.0. The number of benzene rings is 1. The molecule has 1 aliphatic rings. The molecule has 0 spiro atoms. The van der Waals surface area contributed by atoms with E-state index in [1.165, 1.54) is 18.6 Å². The number of thioether (sulfide) groups is 1. The zero-order chi connectivity index (χ0) is 12.3. The summed E-state index contributed by atoms with van der Waals surface area (Å²) in [4.78, 5) is 0. The van der Waals surface area contributed by atoms with Gasteiger partial charge < -0.3 is 4.74 Å². The molecule has 2 atom stereocenters. The van der Waals surface area contributed by atoms with Crippen molar-refractivity contribution in [2.75, 3.05) is 12.9 Å². The molecule has 0 saturated carbocycles. The normalized spacial score (nSPS) is 21.5. The second-order valence-electron chi connectivity index (χ2n) is 4.08. The molecule has 1 heterocycles. The highest BCUT2D eigenvalue weighted by Gasteiger charge is 2.28. The third-order valence-corrected chi connectivity index (χ3v) is 4.74. The number of hydrogen-bond acceptors (Lipinski definition) is 4. The number of methoxy groups -OCH3 is 1. The highest BCUT2D eigenvalue weighted by molar-refractivity contribution is 8.00. The van der Waals surface area contributed by atoms with Crippen LogP contribution in [0.5, 0.6) is 5.75 Å². The number of halogens is 1. The van der Waals surface area contributed by atoms with Crippen LogP contribution < -0.4 is 16.0 Å². The van der Waals surface area contributed by atoms with Crippen molar-refractivity contribution in [3.8, 4) is 5.75 Å². The van der Waals surface area contributed by atoms with Gasteiger partial charge in [0.05, 0.1) is 13.2 Å². The first kappa shape index (κ1) is 13.0. The molecule has 1 saturated heterocycles. The van der Waals surface area contributed by atoms with Gasteiger partial charge in [0.25, 0.3) is 0 Å². The van der Waals surface area contributed by atoms with E-state index in [2.05, 4.69) is 5.43 Å². The van der Waals surface area contributed by atoms with Gasteiger partial charge in [-0.3, -0.25) is 11.3 Å². The Morgan fingerprint density at radius 1 is 1.59 bits per heavy atom. The molecule has 2 unspecified atom stereocenters. The Labute approximate surface area is 111 Å². The lowest BCUT2D eigenvalue weighted by molar-refractivity contribution is 0.397. The third-order valence-electron chi connectivity index (χ3n) is 3.04. The monoisotopic (exact) mass is 272 g/mol. The van der Waals surface area contributed by atoms with Crippen LogP contribution in [0.25, 0.3) is 0 Å². The second kappa shape index (κ2) is 5.96. The molecule has 0 bridgehead atoms. The minimum Gasteiger partial charge on any atom is -0.496 e. The first-order chi connectivity index (χ1) is 8.26. The van der Waals surface area contributed by atoms with E-state index in [0.717, 1.165) is 11.3 Å². The highest BCUT2D eigenvalue weighted by atomic mass is 35.5. The van der Waals surface area contributed by atoms with Gasteiger partial charge in [0.15, 0.2) is 0 Å². The molecule has 1 aromatic carbocycles. The molecule has 5 heteroatoms. The van der Waals surface area contributed by atoms with E-state index in [-0.39, 0.29) is 6.04 Å². The number of ether oxygens (including phenoxy) is 1. The van der Waals surface area contributed by atoms with Gasteiger partial charge in [-0.2, -0.15) is 11.8 Å². The fraction of sp³-hybridized carbons (Fsp3) is 0.500. The predicted molar refractivity (Wildman–Crippen MR) is 73.5 cm³/mol. The summed E-state index contributed by atoms with van der Waals surface area (Å²) in [6, 6.07) is 5.75. The number of nitrogens with two attached hydrogens (primary N) is 1. The molecule has 1 aliphatic heterocycles. The molecule has 0 radical (unpaired) electrons. The fourth-order valence-electron chi connectivity index (χ4n) is 2.21. The van der Waals surface area contributed by atoms with Gasteiger partial charge in [0.1, 0.15) is 5.75 Å². The minimum absolute atomic E-state index is 0.0937. The van der Waals surface area contributed by atoms with E-state index in [0.29, 0.717) is 10.3 Å². The summed E-state index contributed by atoms with van der Waals surface area (Å²) in [5, 5.41) is 1.21. The third kappa shape index (κ3) is 2.88. The molecule has 0 aliphatic carbocycles. The molecule has 3 N–H and O–H groups in total. The molecule has 0 amide bonds. The molecule has 2 rings (SSSR count). The van der Waals surface area contributed by atoms with Gasteiger partial charge in [-0.1, -0.05) is 11.6 Å². The summed E-state index contributed by atoms with van der Waals surface area (Å²) in [7, 11) is 1.67.